The minimum atomic E-state index is 0.0320. The highest BCUT2D eigenvalue weighted by atomic mass is 16.2. The van der Waals surface area contributed by atoms with Gasteiger partial charge in [0.15, 0.2) is 0 Å². The van der Waals surface area contributed by atoms with Gasteiger partial charge in [0, 0.05) is 18.1 Å². The van der Waals surface area contributed by atoms with Crippen molar-refractivity contribution in [3.8, 4) is 0 Å². The van der Waals surface area contributed by atoms with Crippen LogP contribution >= 0.6 is 0 Å². The van der Waals surface area contributed by atoms with Crippen LogP contribution < -0.4 is 5.73 Å². The smallest absolute Gasteiger partial charge is 0.230 e. The molecule has 0 aromatic carbocycles. The van der Waals surface area contributed by atoms with Crippen LogP contribution in [-0.4, -0.2) is 28.9 Å². The molecule has 1 aliphatic heterocycles. The Bertz CT molecular complexity index is 300. The maximum absolute atomic E-state index is 12.4. The average molecular weight is 222 g/mol. The molecular weight excluding hydrogens is 200 g/mol. The van der Waals surface area contributed by atoms with E-state index < -0.39 is 0 Å². The Kier molecular flexibility index (Phi) is 3.33. The van der Waals surface area contributed by atoms with Crippen molar-refractivity contribution >= 4 is 5.91 Å². The second kappa shape index (κ2) is 4.58. The van der Waals surface area contributed by atoms with Gasteiger partial charge in [0.05, 0.1) is 5.92 Å². The van der Waals surface area contributed by atoms with E-state index in [2.05, 4.69) is 18.7 Å². The van der Waals surface area contributed by atoms with Gasteiger partial charge >= 0.3 is 0 Å². The number of nitrogens with zero attached hydrogens (tertiary/aromatic N) is 1. The lowest BCUT2D eigenvalue weighted by molar-refractivity contribution is -0.136. The van der Waals surface area contributed by atoms with E-state index in [4.69, 9.17) is 5.73 Å². The highest BCUT2D eigenvalue weighted by molar-refractivity contribution is 5.82. The summed E-state index contributed by atoms with van der Waals surface area (Å²) in [5, 5.41) is 0. The largest absolute Gasteiger partial charge is 0.337 e. The zero-order chi connectivity index (χ0) is 11.7. The van der Waals surface area contributed by atoms with E-state index in [9.17, 15) is 4.79 Å². The maximum atomic E-state index is 12.4. The molecule has 2 N–H and O–H groups in total. The molecule has 1 amide bonds. The third kappa shape index (κ3) is 2.01. The van der Waals surface area contributed by atoms with E-state index in [0.29, 0.717) is 18.0 Å². The molecule has 1 heterocycles. The molecule has 4 unspecified atom stereocenters. The standard InChI is InChI=1S/C13H22N2O/c1-3-12-7-4-9(2)15(12)13(16)10-5-6-11(14)8-10/h5-6,9-12H,3-4,7-8,14H2,1-2H3. The first-order valence-corrected chi connectivity index (χ1v) is 6.39. The first-order chi connectivity index (χ1) is 7.63. The molecule has 16 heavy (non-hydrogen) atoms. The zero-order valence-electron chi connectivity index (χ0n) is 10.2. The number of likely N-dealkylation sites (tertiary alicyclic amines) is 1. The quantitative estimate of drug-likeness (QED) is 0.723. The summed E-state index contributed by atoms with van der Waals surface area (Å²) in [6, 6.07) is 0.933. The second-order valence-electron chi connectivity index (χ2n) is 5.12. The molecular formula is C13H22N2O. The van der Waals surface area contributed by atoms with Gasteiger partial charge in [-0.05, 0) is 32.6 Å². The van der Waals surface area contributed by atoms with Crippen LogP contribution in [0.1, 0.15) is 39.5 Å². The van der Waals surface area contributed by atoms with E-state index in [1.165, 1.54) is 0 Å². The van der Waals surface area contributed by atoms with Crippen molar-refractivity contribution in [1.82, 2.24) is 4.90 Å². The summed E-state index contributed by atoms with van der Waals surface area (Å²) in [7, 11) is 0. The van der Waals surface area contributed by atoms with Gasteiger partial charge in [0.25, 0.3) is 0 Å². The monoisotopic (exact) mass is 222 g/mol. The molecule has 1 fully saturated rings. The van der Waals surface area contributed by atoms with Crippen LogP contribution in [0.2, 0.25) is 0 Å². The fourth-order valence-electron chi connectivity index (χ4n) is 2.97. The Labute approximate surface area is 97.7 Å². The Morgan fingerprint density at radius 2 is 2.19 bits per heavy atom. The molecule has 0 bridgehead atoms. The van der Waals surface area contributed by atoms with Gasteiger partial charge in [-0.25, -0.2) is 0 Å². The summed E-state index contributed by atoms with van der Waals surface area (Å²) in [5.74, 6) is 0.325. The highest BCUT2D eigenvalue weighted by Crippen LogP contribution is 2.30. The molecule has 1 saturated heterocycles. The fraction of sp³-hybridized carbons (Fsp3) is 0.769. The van der Waals surface area contributed by atoms with E-state index in [0.717, 1.165) is 25.7 Å². The minimum absolute atomic E-state index is 0.0320. The topological polar surface area (TPSA) is 46.3 Å². The molecule has 0 aromatic heterocycles. The van der Waals surface area contributed by atoms with Gasteiger partial charge in [-0.1, -0.05) is 19.1 Å². The van der Waals surface area contributed by atoms with Crippen molar-refractivity contribution in [1.29, 1.82) is 0 Å². The zero-order valence-corrected chi connectivity index (χ0v) is 10.2. The van der Waals surface area contributed by atoms with Crippen molar-refractivity contribution in [3.05, 3.63) is 12.2 Å². The van der Waals surface area contributed by atoms with Crippen LogP contribution in [0.4, 0.5) is 0 Å². The van der Waals surface area contributed by atoms with Crippen LogP contribution in [0.3, 0.4) is 0 Å². The summed E-state index contributed by atoms with van der Waals surface area (Å²) in [5.41, 5.74) is 5.81. The first kappa shape index (κ1) is 11.6. The third-order valence-electron chi connectivity index (χ3n) is 3.95. The lowest BCUT2D eigenvalue weighted by atomic mass is 10.0. The molecule has 0 radical (unpaired) electrons. The SMILES string of the molecule is CCC1CCC(C)N1C(=O)C1C=CC(N)C1. The molecule has 0 saturated carbocycles. The predicted molar refractivity (Wildman–Crippen MR) is 64.8 cm³/mol. The number of carbonyl (C=O) groups excluding carboxylic acids is 1. The minimum Gasteiger partial charge on any atom is -0.337 e. The molecule has 3 heteroatoms. The summed E-state index contributed by atoms with van der Waals surface area (Å²) < 4.78 is 0. The Morgan fingerprint density at radius 1 is 1.44 bits per heavy atom. The molecule has 4 atom stereocenters. The van der Waals surface area contributed by atoms with Gasteiger partial charge in [-0.15, -0.1) is 0 Å². The van der Waals surface area contributed by atoms with Crippen molar-refractivity contribution in [2.45, 2.75) is 57.7 Å². The van der Waals surface area contributed by atoms with Crippen LogP contribution in [-0.2, 0) is 4.79 Å². The summed E-state index contributed by atoms with van der Waals surface area (Å²) in [4.78, 5) is 14.5. The van der Waals surface area contributed by atoms with E-state index in [1.807, 2.05) is 12.2 Å². The molecule has 3 nitrogen and oxygen atoms in total. The maximum Gasteiger partial charge on any atom is 0.230 e. The van der Waals surface area contributed by atoms with Crippen LogP contribution in [0, 0.1) is 5.92 Å². The Morgan fingerprint density at radius 3 is 2.75 bits per heavy atom. The third-order valence-corrected chi connectivity index (χ3v) is 3.95. The number of hydrogen-bond acceptors (Lipinski definition) is 2. The van der Waals surface area contributed by atoms with Gasteiger partial charge in [-0.3, -0.25) is 4.79 Å². The normalized spacial score (nSPS) is 38.3. The number of carbonyl (C=O) groups is 1. The molecule has 1 aliphatic carbocycles. The van der Waals surface area contributed by atoms with Crippen molar-refractivity contribution in [2.75, 3.05) is 0 Å². The van der Waals surface area contributed by atoms with Gasteiger partial charge in [0.2, 0.25) is 5.91 Å². The predicted octanol–water partition coefficient (Wildman–Crippen LogP) is 1.68. The van der Waals surface area contributed by atoms with Crippen molar-refractivity contribution < 1.29 is 4.79 Å². The fourth-order valence-corrected chi connectivity index (χ4v) is 2.97. The Balaban J connectivity index is 2.05. The molecule has 0 spiro atoms. The summed E-state index contributed by atoms with van der Waals surface area (Å²) in [6.07, 6.45) is 8.12. The number of rotatable bonds is 2. The molecule has 0 aromatic rings. The van der Waals surface area contributed by atoms with E-state index in [1.54, 1.807) is 0 Å². The van der Waals surface area contributed by atoms with Gasteiger partial charge in [-0.2, -0.15) is 0 Å². The first-order valence-electron chi connectivity index (χ1n) is 6.39. The van der Waals surface area contributed by atoms with Crippen molar-refractivity contribution in [3.63, 3.8) is 0 Å². The Hall–Kier alpha value is -0.830. The summed E-state index contributed by atoms with van der Waals surface area (Å²) in [6.45, 7) is 4.32. The lowest BCUT2D eigenvalue weighted by Gasteiger charge is -2.30. The number of nitrogens with two attached hydrogens (primary N) is 1. The molecule has 90 valence electrons. The lowest BCUT2D eigenvalue weighted by Crippen LogP contribution is -2.43. The van der Waals surface area contributed by atoms with Gasteiger partial charge in [0.1, 0.15) is 0 Å². The molecule has 2 aliphatic rings. The average Bonchev–Trinajstić information content (AvgIpc) is 2.83. The highest BCUT2D eigenvalue weighted by Gasteiger charge is 2.37. The van der Waals surface area contributed by atoms with E-state index >= 15 is 0 Å². The van der Waals surface area contributed by atoms with Crippen LogP contribution in [0.25, 0.3) is 0 Å². The summed E-state index contributed by atoms with van der Waals surface area (Å²) >= 11 is 0. The van der Waals surface area contributed by atoms with Gasteiger partial charge < -0.3 is 10.6 Å². The number of hydrogen-bond donors (Lipinski definition) is 1. The van der Waals surface area contributed by atoms with Crippen LogP contribution in [0.15, 0.2) is 12.2 Å². The van der Waals surface area contributed by atoms with E-state index in [-0.39, 0.29) is 12.0 Å². The molecule has 2 rings (SSSR count). The number of amides is 1. The van der Waals surface area contributed by atoms with Crippen LogP contribution in [0.5, 0.6) is 0 Å². The second-order valence-corrected chi connectivity index (χ2v) is 5.12. The van der Waals surface area contributed by atoms with Crippen molar-refractivity contribution in [2.24, 2.45) is 11.7 Å².